The van der Waals surface area contributed by atoms with Crippen molar-refractivity contribution in [3.05, 3.63) is 29.3 Å². The van der Waals surface area contributed by atoms with E-state index in [1.165, 1.54) is 11.8 Å². The molecule has 1 aromatic rings. The molecule has 1 fully saturated rings. The minimum atomic E-state index is 0.0730. The zero-order valence-electron chi connectivity index (χ0n) is 13.8. The molecule has 6 heteroatoms. The minimum absolute atomic E-state index is 0.0730. The molecule has 0 aromatic heterocycles. The van der Waals surface area contributed by atoms with Gasteiger partial charge in [-0.2, -0.15) is 0 Å². The number of carbonyl (C=O) groups excluding carboxylic acids is 1. The highest BCUT2D eigenvalue weighted by atomic mass is 35.5. The predicted molar refractivity (Wildman–Crippen MR) is 96.2 cm³/mol. The summed E-state index contributed by atoms with van der Waals surface area (Å²) in [4.78, 5) is 15.6. The fraction of sp³-hybridized carbons (Fsp3) is 0.588. The van der Waals surface area contributed by atoms with Gasteiger partial charge in [0.25, 0.3) is 0 Å². The zero-order chi connectivity index (χ0) is 16.7. The molecule has 1 unspecified atom stereocenters. The molecule has 1 N–H and O–H groups in total. The quantitative estimate of drug-likeness (QED) is 0.763. The Balaban J connectivity index is 1.75. The molecule has 1 atom stereocenters. The molecule has 1 aliphatic rings. The van der Waals surface area contributed by atoms with Crippen molar-refractivity contribution in [1.29, 1.82) is 0 Å². The third-order valence-corrected chi connectivity index (χ3v) is 5.24. The Morgan fingerprint density at radius 2 is 1.96 bits per heavy atom. The summed E-state index contributed by atoms with van der Waals surface area (Å²) in [6, 6.07) is 7.92. The summed E-state index contributed by atoms with van der Waals surface area (Å²) in [7, 11) is 0. The van der Waals surface area contributed by atoms with E-state index in [0.717, 1.165) is 31.2 Å². The van der Waals surface area contributed by atoms with E-state index in [0.29, 0.717) is 29.3 Å². The minimum Gasteiger partial charge on any atom is -0.379 e. The van der Waals surface area contributed by atoms with Crippen molar-refractivity contribution >= 4 is 29.3 Å². The molecule has 23 heavy (non-hydrogen) atoms. The first-order valence-electron chi connectivity index (χ1n) is 8.03. The van der Waals surface area contributed by atoms with Crippen LogP contribution in [-0.2, 0) is 9.53 Å². The average Bonchev–Trinajstić information content (AvgIpc) is 2.55. The molecular formula is C17H25ClN2O2S. The van der Waals surface area contributed by atoms with E-state index < -0.39 is 0 Å². The Morgan fingerprint density at radius 3 is 2.57 bits per heavy atom. The number of rotatable bonds is 7. The molecule has 128 valence electrons. The van der Waals surface area contributed by atoms with Crippen molar-refractivity contribution in [3.8, 4) is 0 Å². The van der Waals surface area contributed by atoms with E-state index in [1.807, 2.05) is 24.3 Å². The van der Waals surface area contributed by atoms with Gasteiger partial charge in [-0.3, -0.25) is 9.69 Å². The van der Waals surface area contributed by atoms with Gasteiger partial charge in [0.05, 0.1) is 19.0 Å². The van der Waals surface area contributed by atoms with Crippen LogP contribution in [0.15, 0.2) is 29.2 Å². The van der Waals surface area contributed by atoms with Crippen LogP contribution in [0.25, 0.3) is 0 Å². The van der Waals surface area contributed by atoms with Crippen LogP contribution in [-0.4, -0.2) is 55.4 Å². The lowest BCUT2D eigenvalue weighted by molar-refractivity contribution is -0.119. The topological polar surface area (TPSA) is 41.6 Å². The van der Waals surface area contributed by atoms with Crippen molar-refractivity contribution in [1.82, 2.24) is 10.2 Å². The van der Waals surface area contributed by atoms with E-state index in [-0.39, 0.29) is 5.91 Å². The number of hydrogen-bond donors (Lipinski definition) is 1. The third-order valence-electron chi connectivity index (χ3n) is 3.98. The fourth-order valence-corrected chi connectivity index (χ4v) is 3.50. The molecule has 0 saturated carbocycles. The molecule has 0 spiro atoms. The van der Waals surface area contributed by atoms with Crippen LogP contribution >= 0.6 is 23.4 Å². The van der Waals surface area contributed by atoms with Crippen molar-refractivity contribution in [2.24, 2.45) is 5.92 Å². The first-order chi connectivity index (χ1) is 11.1. The van der Waals surface area contributed by atoms with Gasteiger partial charge in [-0.25, -0.2) is 0 Å². The maximum absolute atomic E-state index is 12.1. The number of morpholine rings is 1. The van der Waals surface area contributed by atoms with Crippen molar-refractivity contribution in [3.63, 3.8) is 0 Å². The second-order valence-electron chi connectivity index (χ2n) is 6.01. The molecular weight excluding hydrogens is 332 g/mol. The number of ether oxygens (including phenoxy) is 1. The maximum Gasteiger partial charge on any atom is 0.230 e. The number of benzene rings is 1. The number of nitrogens with zero attached hydrogens (tertiary/aromatic N) is 1. The molecule has 1 heterocycles. The van der Waals surface area contributed by atoms with Crippen LogP contribution in [0.4, 0.5) is 0 Å². The predicted octanol–water partition coefficient (Wildman–Crippen LogP) is 2.91. The van der Waals surface area contributed by atoms with E-state index in [9.17, 15) is 4.79 Å². The summed E-state index contributed by atoms with van der Waals surface area (Å²) < 4.78 is 5.41. The number of hydrogen-bond acceptors (Lipinski definition) is 4. The summed E-state index contributed by atoms with van der Waals surface area (Å²) in [6.45, 7) is 8.55. The van der Waals surface area contributed by atoms with E-state index in [2.05, 4.69) is 24.1 Å². The summed E-state index contributed by atoms with van der Waals surface area (Å²) >= 11 is 7.39. The van der Waals surface area contributed by atoms with Gasteiger partial charge in [0.2, 0.25) is 5.91 Å². The fourth-order valence-electron chi connectivity index (χ4n) is 2.64. The Labute approximate surface area is 147 Å². The first kappa shape index (κ1) is 18.6. The van der Waals surface area contributed by atoms with Crippen LogP contribution in [0.1, 0.15) is 13.8 Å². The lowest BCUT2D eigenvalue weighted by atomic mass is 10.0. The second kappa shape index (κ2) is 9.52. The summed E-state index contributed by atoms with van der Waals surface area (Å²) in [5, 5.41) is 3.79. The van der Waals surface area contributed by atoms with Gasteiger partial charge in [-0.1, -0.05) is 25.4 Å². The summed E-state index contributed by atoms with van der Waals surface area (Å²) in [6.07, 6.45) is 0. The highest BCUT2D eigenvalue weighted by Gasteiger charge is 2.24. The van der Waals surface area contributed by atoms with Gasteiger partial charge in [0.15, 0.2) is 0 Å². The maximum atomic E-state index is 12.1. The molecule has 2 rings (SSSR count). The molecule has 0 bridgehead atoms. The molecule has 0 radical (unpaired) electrons. The van der Waals surface area contributed by atoms with Crippen LogP contribution in [0.3, 0.4) is 0 Å². The molecule has 1 saturated heterocycles. The number of thioether (sulfide) groups is 1. The second-order valence-corrected chi connectivity index (χ2v) is 7.49. The molecule has 1 aliphatic heterocycles. The number of amides is 1. The van der Waals surface area contributed by atoms with Crippen LogP contribution in [0, 0.1) is 5.92 Å². The lowest BCUT2D eigenvalue weighted by Crippen LogP contribution is -2.51. The zero-order valence-corrected chi connectivity index (χ0v) is 15.3. The molecule has 1 amide bonds. The average molecular weight is 357 g/mol. The lowest BCUT2D eigenvalue weighted by Gasteiger charge is -2.36. The Hall–Kier alpha value is -0.750. The van der Waals surface area contributed by atoms with Gasteiger partial charge in [-0.15, -0.1) is 11.8 Å². The largest absolute Gasteiger partial charge is 0.379 e. The van der Waals surface area contributed by atoms with Gasteiger partial charge in [0, 0.05) is 35.6 Å². The molecule has 0 aliphatic carbocycles. The van der Waals surface area contributed by atoms with Crippen molar-refractivity contribution in [2.75, 3.05) is 38.6 Å². The van der Waals surface area contributed by atoms with E-state index in [4.69, 9.17) is 16.3 Å². The standard InChI is InChI=1S/C17H25ClN2O2S/c1-13(2)16(20-7-9-22-10-8-20)11-19-17(21)12-23-15-5-3-14(18)4-6-15/h3-6,13,16H,7-12H2,1-2H3,(H,19,21). The highest BCUT2D eigenvalue weighted by Crippen LogP contribution is 2.20. The monoisotopic (exact) mass is 356 g/mol. The van der Waals surface area contributed by atoms with Gasteiger partial charge in [0.1, 0.15) is 0 Å². The highest BCUT2D eigenvalue weighted by molar-refractivity contribution is 8.00. The summed E-state index contributed by atoms with van der Waals surface area (Å²) in [5.41, 5.74) is 0. The van der Waals surface area contributed by atoms with Gasteiger partial charge >= 0.3 is 0 Å². The van der Waals surface area contributed by atoms with Crippen LogP contribution in [0.2, 0.25) is 5.02 Å². The summed E-state index contributed by atoms with van der Waals surface area (Å²) in [5.74, 6) is 0.997. The van der Waals surface area contributed by atoms with Crippen LogP contribution in [0.5, 0.6) is 0 Å². The number of halogens is 1. The van der Waals surface area contributed by atoms with Crippen molar-refractivity contribution < 1.29 is 9.53 Å². The molecule has 1 aromatic carbocycles. The Bertz CT molecular complexity index is 490. The Morgan fingerprint density at radius 1 is 1.30 bits per heavy atom. The normalized spacial score (nSPS) is 17.2. The van der Waals surface area contributed by atoms with E-state index in [1.54, 1.807) is 0 Å². The Kier molecular flexibility index (Phi) is 7.70. The van der Waals surface area contributed by atoms with Gasteiger partial charge < -0.3 is 10.1 Å². The van der Waals surface area contributed by atoms with E-state index >= 15 is 0 Å². The molecule has 4 nitrogen and oxygen atoms in total. The van der Waals surface area contributed by atoms with Crippen LogP contribution < -0.4 is 5.32 Å². The SMILES string of the molecule is CC(C)C(CNC(=O)CSc1ccc(Cl)cc1)N1CCOCC1. The third kappa shape index (κ3) is 6.34. The number of nitrogens with one attached hydrogen (secondary N) is 1. The van der Waals surface area contributed by atoms with Gasteiger partial charge in [-0.05, 0) is 30.2 Å². The number of carbonyl (C=O) groups is 1. The van der Waals surface area contributed by atoms with Crippen molar-refractivity contribution in [2.45, 2.75) is 24.8 Å². The smallest absolute Gasteiger partial charge is 0.230 e. The first-order valence-corrected chi connectivity index (χ1v) is 9.39.